The van der Waals surface area contributed by atoms with E-state index in [0.717, 1.165) is 11.3 Å². The molecule has 0 saturated heterocycles. The van der Waals surface area contributed by atoms with Gasteiger partial charge in [0.2, 0.25) is 11.8 Å². The molecule has 0 fully saturated rings. The molecule has 21 heavy (non-hydrogen) atoms. The van der Waals surface area contributed by atoms with Crippen LogP contribution < -0.4 is 15.6 Å². The Hall–Kier alpha value is -2.70. The molecule has 0 saturated carbocycles. The van der Waals surface area contributed by atoms with Crippen LogP contribution in [0.25, 0.3) is 0 Å². The van der Waals surface area contributed by atoms with Crippen LogP contribution in [0.4, 0.5) is 0 Å². The summed E-state index contributed by atoms with van der Waals surface area (Å²) in [5, 5.41) is 7.59. The molecule has 1 aromatic carbocycles. The predicted octanol–water partition coefficient (Wildman–Crippen LogP) is 0.801. The average Bonchev–Trinajstić information content (AvgIpc) is 2.86. The number of rotatable bonds is 6. The Morgan fingerprint density at radius 2 is 2.24 bits per heavy atom. The van der Waals surface area contributed by atoms with E-state index in [1.807, 2.05) is 31.2 Å². The average molecular weight is 288 g/mol. The maximum Gasteiger partial charge on any atom is 0.245 e. The lowest BCUT2D eigenvalue weighted by Crippen LogP contribution is -2.20. The van der Waals surface area contributed by atoms with Gasteiger partial charge < -0.3 is 4.74 Å². The van der Waals surface area contributed by atoms with Gasteiger partial charge in [-0.1, -0.05) is 0 Å². The fourth-order valence-electron chi connectivity index (χ4n) is 1.73. The van der Waals surface area contributed by atoms with Crippen molar-refractivity contribution in [3.8, 4) is 5.75 Å². The van der Waals surface area contributed by atoms with Gasteiger partial charge in [-0.05, 0) is 36.8 Å². The summed E-state index contributed by atoms with van der Waals surface area (Å²) in [5.74, 6) is 0.276. The second-order valence-electron chi connectivity index (χ2n) is 4.36. The molecule has 1 aromatic rings. The standard InChI is InChI=1S/C14H16N4O3/c1-2-21-12-5-3-10(4-6-12)9-15-17-13(19)7-11-8-14(20)18-16-11/h3-6,9H,2,7-8H2,1H3,(H,17,19)(H,18,20)/b15-9+. The van der Waals surface area contributed by atoms with Gasteiger partial charge in [-0.15, -0.1) is 0 Å². The zero-order chi connectivity index (χ0) is 15.1. The lowest BCUT2D eigenvalue weighted by molar-refractivity contribution is -0.119. The van der Waals surface area contributed by atoms with Crippen molar-refractivity contribution >= 4 is 23.7 Å². The molecule has 0 aliphatic carbocycles. The van der Waals surface area contributed by atoms with Crippen LogP contribution in [-0.2, 0) is 9.59 Å². The van der Waals surface area contributed by atoms with Crippen molar-refractivity contribution in [3.05, 3.63) is 29.8 Å². The van der Waals surface area contributed by atoms with Crippen molar-refractivity contribution in [2.24, 2.45) is 10.2 Å². The minimum Gasteiger partial charge on any atom is -0.494 e. The Morgan fingerprint density at radius 3 is 2.86 bits per heavy atom. The molecule has 2 amide bonds. The summed E-state index contributed by atoms with van der Waals surface area (Å²) in [7, 11) is 0. The third kappa shape index (κ3) is 4.72. The van der Waals surface area contributed by atoms with Crippen molar-refractivity contribution in [3.63, 3.8) is 0 Å². The van der Waals surface area contributed by atoms with Gasteiger partial charge in [0.25, 0.3) is 0 Å². The topological polar surface area (TPSA) is 92.2 Å². The Balaban J connectivity index is 1.79. The quantitative estimate of drug-likeness (QED) is 0.599. The molecule has 110 valence electrons. The van der Waals surface area contributed by atoms with E-state index >= 15 is 0 Å². The second kappa shape index (κ2) is 7.18. The van der Waals surface area contributed by atoms with Gasteiger partial charge in [0.05, 0.1) is 31.4 Å². The molecule has 1 aliphatic heterocycles. The van der Waals surface area contributed by atoms with E-state index in [9.17, 15) is 9.59 Å². The molecule has 0 unspecified atom stereocenters. The summed E-state index contributed by atoms with van der Waals surface area (Å²) in [4.78, 5) is 22.5. The first-order valence-corrected chi connectivity index (χ1v) is 6.56. The number of amides is 2. The van der Waals surface area contributed by atoms with Crippen LogP contribution in [0.2, 0.25) is 0 Å². The zero-order valence-electron chi connectivity index (χ0n) is 11.6. The number of nitrogens with zero attached hydrogens (tertiary/aromatic N) is 2. The molecule has 0 atom stereocenters. The highest BCUT2D eigenvalue weighted by Gasteiger charge is 2.16. The highest BCUT2D eigenvalue weighted by atomic mass is 16.5. The fraction of sp³-hybridized carbons (Fsp3) is 0.286. The number of nitrogens with one attached hydrogen (secondary N) is 2. The van der Waals surface area contributed by atoms with Crippen molar-refractivity contribution in [2.45, 2.75) is 19.8 Å². The van der Waals surface area contributed by atoms with Crippen molar-refractivity contribution in [1.82, 2.24) is 10.9 Å². The number of hydrazone groups is 2. The molecule has 2 N–H and O–H groups in total. The molecule has 7 nitrogen and oxygen atoms in total. The van der Waals surface area contributed by atoms with E-state index in [4.69, 9.17) is 4.74 Å². The first-order valence-electron chi connectivity index (χ1n) is 6.56. The van der Waals surface area contributed by atoms with E-state index in [2.05, 4.69) is 21.1 Å². The third-order valence-corrected chi connectivity index (χ3v) is 2.66. The summed E-state index contributed by atoms with van der Waals surface area (Å²) >= 11 is 0. The Labute approximate surface area is 122 Å². The van der Waals surface area contributed by atoms with Crippen molar-refractivity contribution < 1.29 is 14.3 Å². The number of ether oxygens (including phenoxy) is 1. The van der Waals surface area contributed by atoms with Gasteiger partial charge in [-0.25, -0.2) is 10.9 Å². The van der Waals surface area contributed by atoms with Gasteiger partial charge in [0, 0.05) is 0 Å². The van der Waals surface area contributed by atoms with Gasteiger partial charge in [0.15, 0.2) is 0 Å². The van der Waals surface area contributed by atoms with Crippen LogP contribution in [0.1, 0.15) is 25.3 Å². The first kappa shape index (κ1) is 14.7. The van der Waals surface area contributed by atoms with E-state index < -0.39 is 0 Å². The van der Waals surface area contributed by atoms with Crippen LogP contribution in [0.3, 0.4) is 0 Å². The lowest BCUT2D eigenvalue weighted by Gasteiger charge is -2.02. The summed E-state index contributed by atoms with van der Waals surface area (Å²) in [6, 6.07) is 7.34. The number of benzene rings is 1. The highest BCUT2D eigenvalue weighted by molar-refractivity contribution is 6.11. The Bertz CT molecular complexity index is 578. The summed E-state index contributed by atoms with van der Waals surface area (Å²) in [6.45, 7) is 2.54. The number of hydrogen-bond acceptors (Lipinski definition) is 5. The molecule has 0 aromatic heterocycles. The van der Waals surface area contributed by atoms with E-state index in [-0.39, 0.29) is 24.7 Å². The maximum absolute atomic E-state index is 11.6. The van der Waals surface area contributed by atoms with Crippen LogP contribution in [-0.4, -0.2) is 30.3 Å². The molecule has 0 radical (unpaired) electrons. The van der Waals surface area contributed by atoms with Crippen LogP contribution in [0.15, 0.2) is 34.5 Å². The fourth-order valence-corrected chi connectivity index (χ4v) is 1.73. The van der Waals surface area contributed by atoms with Gasteiger partial charge in [-0.2, -0.15) is 10.2 Å². The van der Waals surface area contributed by atoms with Crippen LogP contribution in [0.5, 0.6) is 5.75 Å². The Morgan fingerprint density at radius 1 is 1.48 bits per heavy atom. The van der Waals surface area contributed by atoms with Crippen LogP contribution in [0, 0.1) is 0 Å². The number of carbonyl (C=O) groups excluding carboxylic acids is 2. The largest absolute Gasteiger partial charge is 0.494 e. The molecule has 1 heterocycles. The number of carbonyl (C=O) groups is 2. The highest BCUT2D eigenvalue weighted by Crippen LogP contribution is 2.10. The molecular formula is C14H16N4O3. The Kier molecular flexibility index (Phi) is 5.03. The summed E-state index contributed by atoms with van der Waals surface area (Å²) in [6.07, 6.45) is 1.75. The molecular weight excluding hydrogens is 272 g/mol. The molecule has 0 bridgehead atoms. The summed E-state index contributed by atoms with van der Waals surface area (Å²) in [5.41, 5.74) is 6.03. The zero-order valence-corrected chi connectivity index (χ0v) is 11.6. The van der Waals surface area contributed by atoms with E-state index in [0.29, 0.717) is 12.3 Å². The van der Waals surface area contributed by atoms with Gasteiger partial charge in [-0.3, -0.25) is 9.59 Å². The third-order valence-electron chi connectivity index (χ3n) is 2.66. The van der Waals surface area contributed by atoms with Crippen LogP contribution >= 0.6 is 0 Å². The van der Waals surface area contributed by atoms with Crippen molar-refractivity contribution in [2.75, 3.05) is 6.61 Å². The molecule has 1 aliphatic rings. The first-order chi connectivity index (χ1) is 10.2. The molecule has 2 rings (SSSR count). The van der Waals surface area contributed by atoms with Crippen molar-refractivity contribution in [1.29, 1.82) is 0 Å². The smallest absolute Gasteiger partial charge is 0.245 e. The molecule has 7 heteroatoms. The predicted molar refractivity (Wildman–Crippen MR) is 78.2 cm³/mol. The normalized spacial score (nSPS) is 14.0. The maximum atomic E-state index is 11.6. The SMILES string of the molecule is CCOc1ccc(/C=N/NC(=O)CC2=NNC(=O)C2)cc1. The number of hydrogen-bond donors (Lipinski definition) is 2. The minimum absolute atomic E-state index is 0.0549. The molecule has 0 spiro atoms. The monoisotopic (exact) mass is 288 g/mol. The van der Waals surface area contributed by atoms with E-state index in [1.54, 1.807) is 0 Å². The second-order valence-corrected chi connectivity index (χ2v) is 4.36. The van der Waals surface area contributed by atoms with Gasteiger partial charge >= 0.3 is 0 Å². The van der Waals surface area contributed by atoms with Gasteiger partial charge in [0.1, 0.15) is 5.75 Å². The summed E-state index contributed by atoms with van der Waals surface area (Å²) < 4.78 is 5.33. The lowest BCUT2D eigenvalue weighted by atomic mass is 10.2. The minimum atomic E-state index is -0.313. The van der Waals surface area contributed by atoms with E-state index in [1.165, 1.54) is 6.21 Å².